The van der Waals surface area contributed by atoms with Crippen molar-refractivity contribution in [2.75, 3.05) is 26.2 Å². The number of hydrogen-bond donors (Lipinski definition) is 1. The molecule has 27 heavy (non-hydrogen) atoms. The van der Waals surface area contributed by atoms with Crippen molar-refractivity contribution in [3.05, 3.63) is 70.7 Å². The molecular formula is C22H24FN3O. The molecule has 4 rings (SSSR count). The number of nitrogens with one attached hydrogen (secondary N) is 1. The zero-order valence-corrected chi connectivity index (χ0v) is 15.8. The molecule has 0 bridgehead atoms. The summed E-state index contributed by atoms with van der Waals surface area (Å²) in [5.41, 5.74) is 4.64. The third-order valence-electron chi connectivity index (χ3n) is 5.59. The van der Waals surface area contributed by atoms with E-state index >= 15 is 0 Å². The number of amides is 1. The zero-order valence-electron chi connectivity index (χ0n) is 15.8. The summed E-state index contributed by atoms with van der Waals surface area (Å²) >= 11 is 0. The maximum atomic E-state index is 13.9. The van der Waals surface area contributed by atoms with E-state index < -0.39 is 0 Å². The molecule has 0 aliphatic carbocycles. The van der Waals surface area contributed by atoms with Gasteiger partial charge in [0.15, 0.2) is 0 Å². The molecule has 0 radical (unpaired) electrons. The van der Waals surface area contributed by atoms with E-state index in [0.29, 0.717) is 25.2 Å². The van der Waals surface area contributed by atoms with Crippen molar-refractivity contribution in [3.8, 4) is 0 Å². The predicted octanol–water partition coefficient (Wildman–Crippen LogP) is 3.88. The number of benzene rings is 2. The van der Waals surface area contributed by atoms with Crippen LogP contribution in [0.3, 0.4) is 0 Å². The van der Waals surface area contributed by atoms with E-state index in [4.69, 9.17) is 0 Å². The Kier molecular flexibility index (Phi) is 4.70. The first-order chi connectivity index (χ1) is 13.0. The van der Waals surface area contributed by atoms with Crippen molar-refractivity contribution < 1.29 is 9.18 Å². The highest BCUT2D eigenvalue weighted by atomic mass is 19.1. The van der Waals surface area contributed by atoms with Crippen LogP contribution < -0.4 is 0 Å². The number of carbonyl (C=O) groups excluding carboxylic acids is 1. The van der Waals surface area contributed by atoms with Gasteiger partial charge in [0, 0.05) is 49.4 Å². The van der Waals surface area contributed by atoms with Crippen molar-refractivity contribution in [1.29, 1.82) is 0 Å². The van der Waals surface area contributed by atoms with Gasteiger partial charge in [-0.25, -0.2) is 4.39 Å². The smallest absolute Gasteiger partial charge is 0.256 e. The van der Waals surface area contributed by atoms with Crippen LogP contribution in [0.15, 0.2) is 42.5 Å². The summed E-state index contributed by atoms with van der Waals surface area (Å²) in [6.07, 6.45) is 0. The molecule has 0 spiro atoms. The minimum Gasteiger partial charge on any atom is -0.358 e. The number of H-pyrrole nitrogens is 1. The third-order valence-corrected chi connectivity index (χ3v) is 5.59. The number of piperazine rings is 1. The number of halogens is 1. The monoisotopic (exact) mass is 365 g/mol. The van der Waals surface area contributed by atoms with E-state index in [1.165, 1.54) is 11.6 Å². The molecule has 4 nitrogen and oxygen atoms in total. The van der Waals surface area contributed by atoms with E-state index in [9.17, 15) is 9.18 Å². The van der Waals surface area contributed by atoms with Crippen molar-refractivity contribution >= 4 is 16.8 Å². The van der Waals surface area contributed by atoms with Crippen LogP contribution >= 0.6 is 0 Å². The normalized spacial score (nSPS) is 15.4. The van der Waals surface area contributed by atoms with Crippen molar-refractivity contribution in [1.82, 2.24) is 14.8 Å². The van der Waals surface area contributed by atoms with E-state index in [1.807, 2.05) is 36.1 Å². The van der Waals surface area contributed by atoms with Crippen LogP contribution in [-0.4, -0.2) is 46.9 Å². The molecule has 5 heteroatoms. The number of carbonyl (C=O) groups is 1. The van der Waals surface area contributed by atoms with Gasteiger partial charge in [-0.05, 0) is 31.5 Å². The minimum absolute atomic E-state index is 0.0624. The average Bonchev–Trinajstić information content (AvgIpc) is 2.98. The Balaban J connectivity index is 1.46. The second-order valence-corrected chi connectivity index (χ2v) is 7.26. The first-order valence-corrected chi connectivity index (χ1v) is 9.37. The van der Waals surface area contributed by atoms with Crippen LogP contribution in [0.25, 0.3) is 10.9 Å². The second kappa shape index (κ2) is 7.16. The predicted molar refractivity (Wildman–Crippen MR) is 105 cm³/mol. The van der Waals surface area contributed by atoms with Gasteiger partial charge in [-0.1, -0.05) is 30.3 Å². The molecule has 3 aromatic rings. The zero-order chi connectivity index (χ0) is 19.0. The van der Waals surface area contributed by atoms with Gasteiger partial charge in [-0.3, -0.25) is 9.69 Å². The number of nitrogens with zero attached hydrogens (tertiary/aromatic N) is 2. The second-order valence-electron chi connectivity index (χ2n) is 7.26. The first kappa shape index (κ1) is 17.7. The summed E-state index contributed by atoms with van der Waals surface area (Å²) in [6.45, 7) is 7.50. The highest BCUT2D eigenvalue weighted by molar-refractivity contribution is 6.06. The molecule has 0 atom stereocenters. The van der Waals surface area contributed by atoms with Gasteiger partial charge in [0.25, 0.3) is 5.91 Å². The van der Waals surface area contributed by atoms with E-state index in [1.54, 1.807) is 6.07 Å². The summed E-state index contributed by atoms with van der Waals surface area (Å²) in [7, 11) is 0. The van der Waals surface area contributed by atoms with Gasteiger partial charge in [-0.2, -0.15) is 0 Å². The van der Waals surface area contributed by atoms with Gasteiger partial charge in [0.2, 0.25) is 0 Å². The average molecular weight is 365 g/mol. The largest absolute Gasteiger partial charge is 0.358 e. The lowest BCUT2D eigenvalue weighted by Gasteiger charge is -2.35. The van der Waals surface area contributed by atoms with Crippen LogP contribution in [0.4, 0.5) is 4.39 Å². The molecule has 1 saturated heterocycles. The Hall–Kier alpha value is -2.66. The highest BCUT2D eigenvalue weighted by Crippen LogP contribution is 2.25. The Morgan fingerprint density at radius 2 is 1.78 bits per heavy atom. The quantitative estimate of drug-likeness (QED) is 0.765. The summed E-state index contributed by atoms with van der Waals surface area (Å²) in [6, 6.07) is 12.8. The highest BCUT2D eigenvalue weighted by Gasteiger charge is 2.24. The fourth-order valence-electron chi connectivity index (χ4n) is 3.81. The SMILES string of the molecule is Cc1[nH]c2c(C(=O)N3CCN(Cc4ccccc4F)CC3)cccc2c1C. The summed E-state index contributed by atoms with van der Waals surface area (Å²) in [5, 5.41) is 1.11. The third kappa shape index (κ3) is 3.35. The Morgan fingerprint density at radius 1 is 1.04 bits per heavy atom. The lowest BCUT2D eigenvalue weighted by molar-refractivity contribution is 0.0629. The molecule has 1 aliphatic heterocycles. The minimum atomic E-state index is -0.167. The Bertz CT molecular complexity index is 986. The van der Waals surface area contributed by atoms with Crippen molar-refractivity contribution in [3.63, 3.8) is 0 Å². The van der Waals surface area contributed by atoms with Crippen molar-refractivity contribution in [2.45, 2.75) is 20.4 Å². The van der Waals surface area contributed by atoms with Gasteiger partial charge in [-0.15, -0.1) is 0 Å². The molecule has 1 N–H and O–H groups in total. The van der Waals surface area contributed by atoms with E-state index in [-0.39, 0.29) is 11.7 Å². The van der Waals surface area contributed by atoms with Gasteiger partial charge in [0.1, 0.15) is 5.82 Å². The standard InChI is InChI=1S/C22H24FN3O/c1-15-16(2)24-21-18(15)7-5-8-19(21)22(27)26-12-10-25(11-13-26)14-17-6-3-4-9-20(17)23/h3-9,24H,10-14H2,1-2H3. The van der Waals surface area contributed by atoms with Crippen molar-refractivity contribution in [2.24, 2.45) is 0 Å². The van der Waals surface area contributed by atoms with Gasteiger partial charge >= 0.3 is 0 Å². The fourth-order valence-corrected chi connectivity index (χ4v) is 3.81. The number of aromatic amines is 1. The Labute approximate surface area is 158 Å². The number of hydrogen-bond acceptors (Lipinski definition) is 2. The summed E-state index contributed by atoms with van der Waals surface area (Å²) in [5.74, 6) is -0.104. The number of rotatable bonds is 3. The molecule has 0 unspecified atom stereocenters. The number of fused-ring (bicyclic) bond motifs is 1. The number of aryl methyl sites for hydroxylation is 2. The number of para-hydroxylation sites is 1. The van der Waals surface area contributed by atoms with Crippen LogP contribution in [0.2, 0.25) is 0 Å². The molecule has 2 heterocycles. The molecule has 1 amide bonds. The Morgan fingerprint density at radius 3 is 2.52 bits per heavy atom. The van der Waals surface area contributed by atoms with Crippen LogP contribution in [0.1, 0.15) is 27.2 Å². The van der Waals surface area contributed by atoms with E-state index in [0.717, 1.165) is 35.2 Å². The molecule has 1 aromatic heterocycles. The maximum absolute atomic E-state index is 13.9. The molecule has 2 aromatic carbocycles. The lowest BCUT2D eigenvalue weighted by Crippen LogP contribution is -2.48. The molecule has 0 saturated carbocycles. The topological polar surface area (TPSA) is 39.3 Å². The van der Waals surface area contributed by atoms with Gasteiger partial charge < -0.3 is 9.88 Å². The molecule has 1 aliphatic rings. The first-order valence-electron chi connectivity index (χ1n) is 9.37. The van der Waals surface area contributed by atoms with Crippen LogP contribution in [0, 0.1) is 19.7 Å². The fraction of sp³-hybridized carbons (Fsp3) is 0.318. The van der Waals surface area contributed by atoms with E-state index in [2.05, 4.69) is 22.9 Å². The molecule has 1 fully saturated rings. The summed E-state index contributed by atoms with van der Waals surface area (Å²) in [4.78, 5) is 20.5. The number of aromatic nitrogens is 1. The lowest BCUT2D eigenvalue weighted by atomic mass is 10.1. The van der Waals surface area contributed by atoms with Crippen LogP contribution in [-0.2, 0) is 6.54 Å². The van der Waals surface area contributed by atoms with Gasteiger partial charge in [0.05, 0.1) is 11.1 Å². The molecular weight excluding hydrogens is 341 g/mol. The maximum Gasteiger partial charge on any atom is 0.256 e. The molecule has 140 valence electrons. The summed E-state index contributed by atoms with van der Waals surface area (Å²) < 4.78 is 13.9. The van der Waals surface area contributed by atoms with Crippen LogP contribution in [0.5, 0.6) is 0 Å².